The van der Waals surface area contributed by atoms with Crippen molar-refractivity contribution in [1.29, 1.82) is 0 Å². The summed E-state index contributed by atoms with van der Waals surface area (Å²) in [5, 5.41) is 5.68. The predicted molar refractivity (Wildman–Crippen MR) is 108 cm³/mol. The van der Waals surface area contributed by atoms with Crippen molar-refractivity contribution in [1.82, 2.24) is 10.3 Å². The molecule has 0 aliphatic rings. The van der Waals surface area contributed by atoms with E-state index in [1.165, 1.54) is 0 Å². The summed E-state index contributed by atoms with van der Waals surface area (Å²) in [6.07, 6.45) is 3.61. The molecule has 0 fully saturated rings. The molecule has 3 rings (SSSR count). The van der Waals surface area contributed by atoms with Gasteiger partial charge in [-0.05, 0) is 41.5 Å². The SMILES string of the molecule is O=C(Cc1cccc(Br)c1)Nc1ccccc1C(=O)NCc1cccnc1. The third kappa shape index (κ3) is 5.49. The number of amides is 2. The van der Waals surface area contributed by atoms with Gasteiger partial charge in [0.2, 0.25) is 5.91 Å². The van der Waals surface area contributed by atoms with Crippen molar-refractivity contribution in [2.75, 3.05) is 5.32 Å². The molecule has 0 radical (unpaired) electrons. The van der Waals surface area contributed by atoms with Gasteiger partial charge in [-0.25, -0.2) is 0 Å². The number of halogens is 1. The van der Waals surface area contributed by atoms with Gasteiger partial charge in [-0.15, -0.1) is 0 Å². The van der Waals surface area contributed by atoms with Gasteiger partial charge in [-0.3, -0.25) is 14.6 Å². The largest absolute Gasteiger partial charge is 0.348 e. The molecular weight excluding hydrogens is 406 g/mol. The smallest absolute Gasteiger partial charge is 0.253 e. The van der Waals surface area contributed by atoms with Gasteiger partial charge in [0.25, 0.3) is 5.91 Å². The van der Waals surface area contributed by atoms with Gasteiger partial charge in [0.15, 0.2) is 0 Å². The first-order valence-corrected chi connectivity index (χ1v) is 9.21. The third-order valence-electron chi connectivity index (χ3n) is 3.88. The molecule has 0 aliphatic heterocycles. The van der Waals surface area contributed by atoms with Gasteiger partial charge in [-0.2, -0.15) is 0 Å². The van der Waals surface area contributed by atoms with Crippen molar-refractivity contribution >= 4 is 33.4 Å². The standard InChI is InChI=1S/C21H18BrN3O2/c22-17-7-3-5-15(11-17)12-20(26)25-19-9-2-1-8-18(19)21(27)24-14-16-6-4-10-23-13-16/h1-11,13H,12,14H2,(H,24,27)(H,25,26). The first kappa shape index (κ1) is 18.8. The number of para-hydroxylation sites is 1. The second-order valence-corrected chi connectivity index (χ2v) is 6.86. The lowest BCUT2D eigenvalue weighted by molar-refractivity contribution is -0.115. The molecule has 0 atom stereocenters. The van der Waals surface area contributed by atoms with Crippen LogP contribution in [-0.2, 0) is 17.8 Å². The molecule has 6 heteroatoms. The number of carbonyl (C=O) groups is 2. The first-order chi connectivity index (χ1) is 13.1. The maximum absolute atomic E-state index is 12.5. The number of anilines is 1. The van der Waals surface area contributed by atoms with Gasteiger partial charge in [0.1, 0.15) is 0 Å². The van der Waals surface area contributed by atoms with Crippen LogP contribution in [0.5, 0.6) is 0 Å². The van der Waals surface area contributed by atoms with Crippen LogP contribution in [0.4, 0.5) is 5.69 Å². The van der Waals surface area contributed by atoms with Crippen LogP contribution in [0.1, 0.15) is 21.5 Å². The van der Waals surface area contributed by atoms with Crippen LogP contribution >= 0.6 is 15.9 Å². The zero-order chi connectivity index (χ0) is 19.1. The van der Waals surface area contributed by atoms with E-state index in [4.69, 9.17) is 0 Å². The van der Waals surface area contributed by atoms with Gasteiger partial charge < -0.3 is 10.6 Å². The number of carbonyl (C=O) groups excluding carboxylic acids is 2. The Morgan fingerprint density at radius 3 is 2.56 bits per heavy atom. The van der Waals surface area contributed by atoms with Crippen molar-refractivity contribution in [2.24, 2.45) is 0 Å². The molecule has 2 aromatic carbocycles. The Hall–Kier alpha value is -2.99. The average molecular weight is 424 g/mol. The van der Waals surface area contributed by atoms with Crippen LogP contribution in [-0.4, -0.2) is 16.8 Å². The number of hydrogen-bond acceptors (Lipinski definition) is 3. The second kappa shape index (κ2) is 9.09. The summed E-state index contributed by atoms with van der Waals surface area (Å²) >= 11 is 3.40. The number of rotatable bonds is 6. The highest BCUT2D eigenvalue weighted by Gasteiger charge is 2.13. The molecule has 0 spiro atoms. The molecule has 1 aromatic heterocycles. The summed E-state index contributed by atoms with van der Waals surface area (Å²) in [5.41, 5.74) is 2.70. The molecule has 0 aliphatic carbocycles. The zero-order valence-corrected chi connectivity index (χ0v) is 16.1. The Bertz CT molecular complexity index is 945. The summed E-state index contributed by atoms with van der Waals surface area (Å²) in [6, 6.07) is 18.2. The minimum absolute atomic E-state index is 0.180. The summed E-state index contributed by atoms with van der Waals surface area (Å²) in [5.74, 6) is -0.433. The van der Waals surface area contributed by atoms with Crippen molar-refractivity contribution in [3.05, 3.63) is 94.2 Å². The minimum atomic E-state index is -0.253. The quantitative estimate of drug-likeness (QED) is 0.630. The molecule has 2 N–H and O–H groups in total. The average Bonchev–Trinajstić information content (AvgIpc) is 2.67. The molecule has 3 aromatic rings. The fourth-order valence-corrected chi connectivity index (χ4v) is 3.04. The van der Waals surface area contributed by atoms with Gasteiger partial charge in [0.05, 0.1) is 17.7 Å². The lowest BCUT2D eigenvalue weighted by Crippen LogP contribution is -2.25. The maximum Gasteiger partial charge on any atom is 0.253 e. The summed E-state index contributed by atoms with van der Waals surface area (Å²) < 4.78 is 0.919. The number of aromatic nitrogens is 1. The molecule has 0 saturated heterocycles. The molecule has 0 bridgehead atoms. The normalized spacial score (nSPS) is 10.3. The van der Waals surface area contributed by atoms with Crippen LogP contribution in [0.15, 0.2) is 77.5 Å². The van der Waals surface area contributed by atoms with E-state index in [2.05, 4.69) is 31.5 Å². The Labute approximate surface area is 166 Å². The van der Waals surface area contributed by atoms with Crippen LogP contribution in [0, 0.1) is 0 Å². The minimum Gasteiger partial charge on any atom is -0.348 e. The van der Waals surface area contributed by atoms with Crippen LogP contribution in [0.25, 0.3) is 0 Å². The van der Waals surface area contributed by atoms with Crippen molar-refractivity contribution in [3.63, 3.8) is 0 Å². The number of nitrogens with one attached hydrogen (secondary N) is 2. The molecule has 1 heterocycles. The van der Waals surface area contributed by atoms with Crippen LogP contribution < -0.4 is 10.6 Å². The molecule has 0 saturated carbocycles. The topological polar surface area (TPSA) is 71.1 Å². The molecule has 136 valence electrons. The zero-order valence-electron chi connectivity index (χ0n) is 14.5. The monoisotopic (exact) mass is 423 g/mol. The molecular formula is C21H18BrN3O2. The van der Waals surface area contributed by atoms with Gasteiger partial charge in [0, 0.05) is 23.4 Å². The van der Waals surface area contributed by atoms with Crippen LogP contribution in [0.3, 0.4) is 0 Å². The van der Waals surface area contributed by atoms with Gasteiger partial charge >= 0.3 is 0 Å². The van der Waals surface area contributed by atoms with E-state index in [9.17, 15) is 9.59 Å². The molecule has 2 amide bonds. The number of nitrogens with zero attached hydrogens (tertiary/aromatic N) is 1. The lowest BCUT2D eigenvalue weighted by atomic mass is 10.1. The Morgan fingerprint density at radius 2 is 1.78 bits per heavy atom. The predicted octanol–water partition coefficient (Wildman–Crippen LogP) is 3.96. The van der Waals surface area contributed by atoms with E-state index in [1.807, 2.05) is 36.4 Å². The molecule has 0 unspecified atom stereocenters. The Morgan fingerprint density at radius 1 is 0.963 bits per heavy atom. The van der Waals surface area contributed by atoms with E-state index >= 15 is 0 Å². The highest BCUT2D eigenvalue weighted by atomic mass is 79.9. The van der Waals surface area contributed by atoms with Crippen molar-refractivity contribution in [2.45, 2.75) is 13.0 Å². The fraction of sp³-hybridized carbons (Fsp3) is 0.0952. The molecule has 5 nitrogen and oxygen atoms in total. The Balaban J connectivity index is 1.66. The Kier molecular flexibility index (Phi) is 6.33. The fourth-order valence-electron chi connectivity index (χ4n) is 2.60. The van der Waals surface area contributed by atoms with E-state index in [0.29, 0.717) is 17.8 Å². The van der Waals surface area contributed by atoms with E-state index < -0.39 is 0 Å². The maximum atomic E-state index is 12.5. The van der Waals surface area contributed by atoms with E-state index in [0.717, 1.165) is 15.6 Å². The highest BCUT2D eigenvalue weighted by Crippen LogP contribution is 2.17. The first-order valence-electron chi connectivity index (χ1n) is 8.42. The van der Waals surface area contributed by atoms with E-state index in [-0.39, 0.29) is 18.2 Å². The number of hydrogen-bond donors (Lipinski definition) is 2. The van der Waals surface area contributed by atoms with Crippen LogP contribution in [0.2, 0.25) is 0 Å². The second-order valence-electron chi connectivity index (χ2n) is 5.94. The van der Waals surface area contributed by atoms with Crippen molar-refractivity contribution in [3.8, 4) is 0 Å². The summed E-state index contributed by atoms with van der Waals surface area (Å²) in [6.45, 7) is 0.368. The summed E-state index contributed by atoms with van der Waals surface area (Å²) in [7, 11) is 0. The van der Waals surface area contributed by atoms with Crippen molar-refractivity contribution < 1.29 is 9.59 Å². The molecule has 27 heavy (non-hydrogen) atoms. The summed E-state index contributed by atoms with van der Waals surface area (Å²) in [4.78, 5) is 28.9. The van der Waals surface area contributed by atoms with Gasteiger partial charge in [-0.1, -0.05) is 46.3 Å². The third-order valence-corrected chi connectivity index (χ3v) is 4.37. The highest BCUT2D eigenvalue weighted by molar-refractivity contribution is 9.10. The number of benzene rings is 2. The lowest BCUT2D eigenvalue weighted by Gasteiger charge is -2.11. The van der Waals surface area contributed by atoms with E-state index in [1.54, 1.807) is 36.7 Å². The number of pyridine rings is 1.